The van der Waals surface area contributed by atoms with Gasteiger partial charge in [0.2, 0.25) is 0 Å². The van der Waals surface area contributed by atoms with Gasteiger partial charge in [-0.1, -0.05) is 0 Å². The Morgan fingerprint density at radius 1 is 1.44 bits per heavy atom. The van der Waals surface area contributed by atoms with Gasteiger partial charge in [-0.15, -0.1) is 11.3 Å². The van der Waals surface area contributed by atoms with E-state index < -0.39 is 0 Å². The van der Waals surface area contributed by atoms with Crippen LogP contribution in [0.5, 0.6) is 0 Å². The number of furan rings is 1. The van der Waals surface area contributed by atoms with Crippen LogP contribution >= 0.6 is 11.3 Å². The zero-order valence-corrected chi connectivity index (χ0v) is 10.7. The van der Waals surface area contributed by atoms with Crippen LogP contribution in [0.3, 0.4) is 0 Å². The minimum Gasteiger partial charge on any atom is -0.465 e. The Morgan fingerprint density at radius 2 is 2.33 bits per heavy atom. The molecule has 1 aliphatic rings. The van der Waals surface area contributed by atoms with Crippen molar-refractivity contribution in [3.63, 3.8) is 0 Å². The average molecular weight is 256 g/mol. The third kappa shape index (κ3) is 2.09. The Morgan fingerprint density at radius 3 is 3.06 bits per heavy atom. The molecular weight excluding hydrogens is 244 g/mol. The van der Waals surface area contributed by atoms with Gasteiger partial charge < -0.3 is 4.42 Å². The number of hydrogen-bond donors (Lipinski definition) is 0. The molecule has 4 heteroatoms. The number of thiazole rings is 1. The van der Waals surface area contributed by atoms with Gasteiger partial charge in [0, 0.05) is 11.0 Å². The summed E-state index contributed by atoms with van der Waals surface area (Å²) < 4.78 is 5.24. The van der Waals surface area contributed by atoms with Crippen molar-refractivity contribution >= 4 is 23.0 Å². The molecule has 2 aromatic heterocycles. The average Bonchev–Trinajstić information content (AvgIpc) is 3.04. The van der Waals surface area contributed by atoms with Crippen LogP contribution in [0.2, 0.25) is 0 Å². The monoisotopic (exact) mass is 256 g/mol. The van der Waals surface area contributed by atoms with Crippen LogP contribution in [0.15, 0.2) is 22.8 Å². The molecule has 1 aliphatic carbocycles. The molecule has 3 nitrogen and oxygen atoms in total. The van der Waals surface area contributed by atoms with Crippen molar-refractivity contribution < 1.29 is 4.42 Å². The van der Waals surface area contributed by atoms with Crippen molar-refractivity contribution in [3.8, 4) is 6.07 Å². The van der Waals surface area contributed by atoms with Crippen LogP contribution < -0.4 is 0 Å². The lowest BCUT2D eigenvalue weighted by atomic mass is 10.0. The molecule has 90 valence electrons. The van der Waals surface area contributed by atoms with Gasteiger partial charge in [0.25, 0.3) is 0 Å². The van der Waals surface area contributed by atoms with Gasteiger partial charge >= 0.3 is 0 Å². The highest BCUT2D eigenvalue weighted by Gasteiger charge is 2.17. The molecule has 0 atom stereocenters. The summed E-state index contributed by atoms with van der Waals surface area (Å²) in [6.07, 6.45) is 7.95. The number of aromatic nitrogens is 1. The van der Waals surface area contributed by atoms with E-state index >= 15 is 0 Å². The first-order valence-electron chi connectivity index (χ1n) is 6.01. The van der Waals surface area contributed by atoms with Crippen molar-refractivity contribution in [3.05, 3.63) is 39.7 Å². The molecule has 0 saturated carbocycles. The fourth-order valence-corrected chi connectivity index (χ4v) is 3.24. The van der Waals surface area contributed by atoms with Gasteiger partial charge in [0.15, 0.2) is 0 Å². The van der Waals surface area contributed by atoms with E-state index in [1.807, 2.05) is 12.1 Å². The molecule has 2 aromatic rings. The van der Waals surface area contributed by atoms with E-state index in [0.29, 0.717) is 11.3 Å². The largest absolute Gasteiger partial charge is 0.465 e. The SMILES string of the molecule is N#C/C(=C/c1ccco1)c1nc2c(s1)CCCC2. The van der Waals surface area contributed by atoms with E-state index in [9.17, 15) is 5.26 Å². The van der Waals surface area contributed by atoms with Crippen LogP contribution in [0, 0.1) is 11.3 Å². The quantitative estimate of drug-likeness (QED) is 0.770. The van der Waals surface area contributed by atoms with E-state index in [2.05, 4.69) is 11.1 Å². The minimum absolute atomic E-state index is 0.587. The van der Waals surface area contributed by atoms with Gasteiger partial charge in [-0.05, 0) is 37.8 Å². The molecular formula is C14H12N2OS. The van der Waals surface area contributed by atoms with Gasteiger partial charge in [0.05, 0.1) is 17.5 Å². The van der Waals surface area contributed by atoms with E-state index in [-0.39, 0.29) is 0 Å². The molecule has 0 spiro atoms. The third-order valence-electron chi connectivity index (χ3n) is 3.03. The molecule has 0 fully saturated rings. The lowest BCUT2D eigenvalue weighted by Gasteiger charge is -2.06. The normalized spacial score (nSPS) is 15.2. The van der Waals surface area contributed by atoms with Crippen LogP contribution in [-0.4, -0.2) is 4.98 Å². The maximum Gasteiger partial charge on any atom is 0.134 e. The molecule has 2 heterocycles. The molecule has 0 aromatic carbocycles. The van der Waals surface area contributed by atoms with Crippen molar-refractivity contribution in [2.45, 2.75) is 25.7 Å². The van der Waals surface area contributed by atoms with Crippen LogP contribution in [-0.2, 0) is 12.8 Å². The second kappa shape index (κ2) is 4.79. The molecule has 0 saturated heterocycles. The molecule has 0 unspecified atom stereocenters. The fourth-order valence-electron chi connectivity index (χ4n) is 2.12. The number of rotatable bonds is 2. The van der Waals surface area contributed by atoms with Gasteiger partial charge in [-0.3, -0.25) is 0 Å². The number of hydrogen-bond acceptors (Lipinski definition) is 4. The highest BCUT2D eigenvalue weighted by atomic mass is 32.1. The third-order valence-corrected chi connectivity index (χ3v) is 4.22. The van der Waals surface area contributed by atoms with E-state index in [1.54, 1.807) is 23.7 Å². The Bertz CT molecular complexity index is 593. The number of allylic oxidation sites excluding steroid dienone is 1. The lowest BCUT2D eigenvalue weighted by Crippen LogP contribution is -1.99. The van der Waals surface area contributed by atoms with Gasteiger partial charge in [-0.25, -0.2) is 4.98 Å². The van der Waals surface area contributed by atoms with Crippen molar-refractivity contribution in [2.24, 2.45) is 0 Å². The second-order valence-electron chi connectivity index (χ2n) is 4.28. The second-order valence-corrected chi connectivity index (χ2v) is 5.36. The molecule has 18 heavy (non-hydrogen) atoms. The summed E-state index contributed by atoms with van der Waals surface area (Å²) in [4.78, 5) is 5.93. The Kier molecular flexibility index (Phi) is 2.99. The summed E-state index contributed by atoms with van der Waals surface area (Å²) in [5, 5.41) is 10.1. The number of fused-ring (bicyclic) bond motifs is 1. The number of nitriles is 1. The smallest absolute Gasteiger partial charge is 0.134 e. The molecule has 0 bridgehead atoms. The zero-order chi connectivity index (χ0) is 12.4. The molecule has 0 aliphatic heterocycles. The maximum absolute atomic E-state index is 9.25. The fraction of sp³-hybridized carbons (Fsp3) is 0.286. The van der Waals surface area contributed by atoms with Crippen molar-refractivity contribution in [1.29, 1.82) is 5.26 Å². The predicted molar refractivity (Wildman–Crippen MR) is 70.9 cm³/mol. The topological polar surface area (TPSA) is 49.8 Å². The summed E-state index contributed by atoms with van der Waals surface area (Å²) in [5.74, 6) is 0.694. The van der Waals surface area contributed by atoms with Crippen molar-refractivity contribution in [1.82, 2.24) is 4.98 Å². The first kappa shape index (κ1) is 11.2. The summed E-state index contributed by atoms with van der Waals surface area (Å²) in [5.41, 5.74) is 1.77. The first-order chi connectivity index (χ1) is 8.86. The molecule has 0 amide bonds. The highest BCUT2D eigenvalue weighted by Crippen LogP contribution is 2.30. The van der Waals surface area contributed by atoms with E-state index in [0.717, 1.165) is 17.8 Å². The maximum atomic E-state index is 9.25. The molecule has 3 rings (SSSR count). The van der Waals surface area contributed by atoms with Gasteiger partial charge in [0.1, 0.15) is 16.8 Å². The lowest BCUT2D eigenvalue weighted by molar-refractivity contribution is 0.557. The summed E-state index contributed by atoms with van der Waals surface area (Å²) in [6, 6.07) is 5.87. The summed E-state index contributed by atoms with van der Waals surface area (Å²) in [7, 11) is 0. The Labute approximate surface area is 109 Å². The number of aryl methyl sites for hydroxylation is 2. The highest BCUT2D eigenvalue weighted by molar-refractivity contribution is 7.13. The predicted octanol–water partition coefficient (Wildman–Crippen LogP) is 3.68. The first-order valence-corrected chi connectivity index (χ1v) is 6.83. The van der Waals surface area contributed by atoms with Crippen molar-refractivity contribution in [2.75, 3.05) is 0 Å². The van der Waals surface area contributed by atoms with Crippen LogP contribution in [0.4, 0.5) is 0 Å². The van der Waals surface area contributed by atoms with E-state index in [4.69, 9.17) is 4.42 Å². The standard InChI is InChI=1S/C14H12N2OS/c15-9-10(8-11-4-3-7-17-11)14-16-12-5-1-2-6-13(12)18-14/h3-4,7-8H,1-2,5-6H2/b10-8-. The summed E-state index contributed by atoms with van der Waals surface area (Å²) >= 11 is 1.65. The molecule has 0 N–H and O–H groups in total. The summed E-state index contributed by atoms with van der Waals surface area (Å²) in [6.45, 7) is 0. The zero-order valence-electron chi connectivity index (χ0n) is 9.85. The van der Waals surface area contributed by atoms with Crippen LogP contribution in [0.25, 0.3) is 11.6 Å². The minimum atomic E-state index is 0.587. The van der Waals surface area contributed by atoms with E-state index in [1.165, 1.54) is 23.4 Å². The van der Waals surface area contributed by atoms with Gasteiger partial charge in [-0.2, -0.15) is 5.26 Å². The Balaban J connectivity index is 1.97. The molecule has 0 radical (unpaired) electrons. The Hall–Kier alpha value is -1.86. The number of nitrogens with zero attached hydrogens (tertiary/aromatic N) is 2. The van der Waals surface area contributed by atoms with Crippen LogP contribution in [0.1, 0.15) is 34.2 Å².